The minimum absolute atomic E-state index is 0.0513. The van der Waals surface area contributed by atoms with E-state index in [1.165, 1.54) is 0 Å². The lowest BCUT2D eigenvalue weighted by Crippen LogP contribution is -2.39. The maximum atomic E-state index is 12.1. The van der Waals surface area contributed by atoms with E-state index in [-0.39, 0.29) is 11.9 Å². The van der Waals surface area contributed by atoms with E-state index in [4.69, 9.17) is 9.47 Å². The smallest absolute Gasteiger partial charge is 0.237 e. The Bertz CT molecular complexity index is 541. The Balaban J connectivity index is 1.86. The molecule has 6 heteroatoms. The zero-order chi connectivity index (χ0) is 18.1. The summed E-state index contributed by atoms with van der Waals surface area (Å²) in [5.74, 6) is 1.50. The van der Waals surface area contributed by atoms with Crippen molar-refractivity contribution in [1.29, 1.82) is 0 Å². The summed E-state index contributed by atoms with van der Waals surface area (Å²) in [6.07, 6.45) is 1.97. The normalized spacial score (nSPS) is 16.9. The molecule has 0 bridgehead atoms. The lowest BCUT2D eigenvalue weighted by molar-refractivity contribution is -0.122. The Morgan fingerprint density at radius 3 is 2.76 bits per heavy atom. The number of carbonyl (C=O) groups is 1. The van der Waals surface area contributed by atoms with Crippen molar-refractivity contribution in [2.45, 2.75) is 39.3 Å². The highest BCUT2D eigenvalue weighted by Crippen LogP contribution is 2.28. The van der Waals surface area contributed by atoms with Crippen LogP contribution in [0.4, 0.5) is 0 Å². The molecule has 1 heterocycles. The fourth-order valence-corrected chi connectivity index (χ4v) is 2.99. The first-order chi connectivity index (χ1) is 12.2. The molecule has 1 aliphatic heterocycles. The summed E-state index contributed by atoms with van der Waals surface area (Å²) in [7, 11) is 1.64. The van der Waals surface area contributed by atoms with Crippen LogP contribution in [-0.2, 0) is 11.3 Å². The van der Waals surface area contributed by atoms with Gasteiger partial charge in [0.05, 0.1) is 13.2 Å². The van der Waals surface area contributed by atoms with Crippen LogP contribution >= 0.6 is 0 Å². The number of benzene rings is 1. The summed E-state index contributed by atoms with van der Waals surface area (Å²) in [6.45, 7) is 9.27. The Morgan fingerprint density at radius 2 is 2.12 bits per heavy atom. The van der Waals surface area contributed by atoms with Crippen molar-refractivity contribution in [3.05, 3.63) is 23.8 Å². The van der Waals surface area contributed by atoms with Crippen LogP contribution in [0.5, 0.6) is 11.5 Å². The molecule has 1 fully saturated rings. The second kappa shape index (κ2) is 10.3. The van der Waals surface area contributed by atoms with Crippen molar-refractivity contribution in [3.63, 3.8) is 0 Å². The van der Waals surface area contributed by atoms with Crippen molar-refractivity contribution in [2.75, 3.05) is 39.9 Å². The van der Waals surface area contributed by atoms with Crippen molar-refractivity contribution >= 4 is 5.91 Å². The molecule has 1 aromatic carbocycles. The third-order valence-corrected chi connectivity index (χ3v) is 4.63. The van der Waals surface area contributed by atoms with Gasteiger partial charge in [-0.25, -0.2) is 0 Å². The van der Waals surface area contributed by atoms with Crippen LogP contribution in [0.25, 0.3) is 0 Å². The third-order valence-electron chi connectivity index (χ3n) is 4.63. The highest BCUT2D eigenvalue weighted by molar-refractivity contribution is 5.82. The number of hydrogen-bond donors (Lipinski definition) is 2. The molecule has 2 N–H and O–H groups in total. The number of carbonyl (C=O) groups excluding carboxylic acids is 1. The number of nitrogens with zero attached hydrogens (tertiary/aromatic N) is 1. The number of methoxy groups -OCH3 is 1. The summed E-state index contributed by atoms with van der Waals surface area (Å²) < 4.78 is 11.3. The van der Waals surface area contributed by atoms with Gasteiger partial charge >= 0.3 is 0 Å². The molecule has 1 atom stereocenters. The van der Waals surface area contributed by atoms with Crippen molar-refractivity contribution < 1.29 is 14.3 Å². The summed E-state index contributed by atoms with van der Waals surface area (Å²) in [4.78, 5) is 14.4. The topological polar surface area (TPSA) is 62.8 Å². The molecule has 0 aliphatic carbocycles. The van der Waals surface area contributed by atoms with Gasteiger partial charge in [0.15, 0.2) is 11.5 Å². The highest BCUT2D eigenvalue weighted by Gasteiger charge is 2.21. The lowest BCUT2D eigenvalue weighted by Gasteiger charge is -2.19. The minimum atomic E-state index is -0.0513. The molecular weight excluding hydrogens is 318 g/mol. The Hall–Kier alpha value is -1.79. The molecule has 0 spiro atoms. The standard InChI is InChI=1S/C19H31N3O3/c1-4-22(5-2)11-12-25-17-9-8-15(13-18(17)24-3)14-21-19(23)16-7-6-10-20-16/h8-9,13,16,20H,4-7,10-12,14H2,1-3H3,(H,21,23). The molecule has 6 nitrogen and oxygen atoms in total. The number of rotatable bonds is 10. The molecular formula is C19H31N3O3. The monoisotopic (exact) mass is 349 g/mol. The molecule has 1 aromatic rings. The van der Waals surface area contributed by atoms with Gasteiger partial charge in [0, 0.05) is 13.1 Å². The molecule has 0 aromatic heterocycles. The van der Waals surface area contributed by atoms with E-state index in [1.807, 2.05) is 18.2 Å². The van der Waals surface area contributed by atoms with E-state index >= 15 is 0 Å². The minimum Gasteiger partial charge on any atom is -0.493 e. The number of amides is 1. The van der Waals surface area contributed by atoms with E-state index in [1.54, 1.807) is 7.11 Å². The molecule has 1 saturated heterocycles. The molecule has 1 aliphatic rings. The first-order valence-electron chi connectivity index (χ1n) is 9.21. The van der Waals surface area contributed by atoms with Gasteiger partial charge in [0.1, 0.15) is 6.61 Å². The fraction of sp³-hybridized carbons (Fsp3) is 0.632. The average Bonchev–Trinajstić information content (AvgIpc) is 3.18. The molecule has 25 heavy (non-hydrogen) atoms. The van der Waals surface area contributed by atoms with E-state index in [9.17, 15) is 4.79 Å². The Kier molecular flexibility index (Phi) is 8.01. The number of ether oxygens (including phenoxy) is 2. The SMILES string of the molecule is CCN(CC)CCOc1ccc(CNC(=O)C2CCCN2)cc1OC. The van der Waals surface area contributed by atoms with E-state index in [2.05, 4.69) is 29.4 Å². The van der Waals surface area contributed by atoms with Crippen molar-refractivity contribution in [1.82, 2.24) is 15.5 Å². The Morgan fingerprint density at radius 1 is 1.32 bits per heavy atom. The zero-order valence-corrected chi connectivity index (χ0v) is 15.6. The van der Waals surface area contributed by atoms with Crippen LogP contribution in [-0.4, -0.2) is 56.7 Å². The van der Waals surface area contributed by atoms with Crippen LogP contribution < -0.4 is 20.1 Å². The average molecular weight is 349 g/mol. The van der Waals surface area contributed by atoms with Crippen molar-refractivity contribution in [3.8, 4) is 11.5 Å². The number of nitrogens with one attached hydrogen (secondary N) is 2. The first kappa shape index (κ1) is 19.5. The van der Waals surface area contributed by atoms with Crippen LogP contribution in [0.15, 0.2) is 18.2 Å². The van der Waals surface area contributed by atoms with E-state index in [0.717, 1.165) is 50.3 Å². The van der Waals surface area contributed by atoms with Crippen LogP contribution in [0, 0.1) is 0 Å². The van der Waals surface area contributed by atoms with Gasteiger partial charge in [0.25, 0.3) is 0 Å². The maximum absolute atomic E-state index is 12.1. The quantitative estimate of drug-likeness (QED) is 0.674. The second-order valence-corrected chi connectivity index (χ2v) is 6.23. The van der Waals surface area contributed by atoms with Gasteiger partial charge < -0.3 is 25.0 Å². The molecule has 1 amide bonds. The molecule has 0 radical (unpaired) electrons. The van der Waals surface area contributed by atoms with Gasteiger partial charge in [-0.15, -0.1) is 0 Å². The van der Waals surface area contributed by atoms with Gasteiger partial charge in [-0.3, -0.25) is 4.79 Å². The fourth-order valence-electron chi connectivity index (χ4n) is 2.99. The second-order valence-electron chi connectivity index (χ2n) is 6.23. The third kappa shape index (κ3) is 5.90. The largest absolute Gasteiger partial charge is 0.493 e. The van der Waals surface area contributed by atoms with E-state index in [0.29, 0.717) is 18.9 Å². The number of hydrogen-bond acceptors (Lipinski definition) is 5. The van der Waals surface area contributed by atoms with E-state index < -0.39 is 0 Å². The highest BCUT2D eigenvalue weighted by atomic mass is 16.5. The Labute approximate surface area is 150 Å². The molecule has 1 unspecified atom stereocenters. The summed E-state index contributed by atoms with van der Waals surface area (Å²) in [6, 6.07) is 5.76. The molecule has 140 valence electrons. The molecule has 0 saturated carbocycles. The summed E-state index contributed by atoms with van der Waals surface area (Å²) in [5.41, 5.74) is 0.999. The maximum Gasteiger partial charge on any atom is 0.237 e. The predicted molar refractivity (Wildman–Crippen MR) is 99.1 cm³/mol. The summed E-state index contributed by atoms with van der Waals surface area (Å²) >= 11 is 0. The number of likely N-dealkylation sites (N-methyl/N-ethyl adjacent to an activating group) is 1. The van der Waals surface area contributed by atoms with Crippen LogP contribution in [0.1, 0.15) is 32.3 Å². The lowest BCUT2D eigenvalue weighted by atomic mass is 10.1. The van der Waals surface area contributed by atoms with Crippen LogP contribution in [0.3, 0.4) is 0 Å². The first-order valence-corrected chi connectivity index (χ1v) is 9.21. The van der Waals surface area contributed by atoms with Gasteiger partial charge in [-0.1, -0.05) is 19.9 Å². The van der Waals surface area contributed by atoms with Crippen molar-refractivity contribution in [2.24, 2.45) is 0 Å². The van der Waals surface area contributed by atoms with Crippen LogP contribution in [0.2, 0.25) is 0 Å². The summed E-state index contributed by atoms with van der Waals surface area (Å²) in [5, 5.41) is 6.19. The van der Waals surface area contributed by atoms with Gasteiger partial charge in [-0.2, -0.15) is 0 Å². The van der Waals surface area contributed by atoms with Gasteiger partial charge in [0.2, 0.25) is 5.91 Å². The predicted octanol–water partition coefficient (Wildman–Crippen LogP) is 1.78. The molecule has 2 rings (SSSR count). The van der Waals surface area contributed by atoms with Gasteiger partial charge in [-0.05, 0) is 50.2 Å². The zero-order valence-electron chi connectivity index (χ0n) is 15.6.